The first-order valence-corrected chi connectivity index (χ1v) is 3.83. The molecule has 1 rings (SSSR count). The maximum absolute atomic E-state index is 10.7. The summed E-state index contributed by atoms with van der Waals surface area (Å²) in [6.07, 6.45) is 0. The van der Waals surface area contributed by atoms with Crippen LogP contribution < -0.4 is 17.1 Å². The minimum atomic E-state index is -1.14. The smallest absolute Gasteiger partial charge is 0.419 e. The number of nitrogens with one attached hydrogen (secondary N) is 1. The quantitative estimate of drug-likeness (QED) is 0.216. The van der Waals surface area contributed by atoms with E-state index >= 15 is 0 Å². The second kappa shape index (κ2) is 5.34. The van der Waals surface area contributed by atoms with E-state index in [1.807, 2.05) is 0 Å². The third-order valence-electron chi connectivity index (χ3n) is 1.21. The van der Waals surface area contributed by atoms with Crippen LogP contribution in [0.1, 0.15) is 5.76 Å². The van der Waals surface area contributed by atoms with Crippen molar-refractivity contribution in [1.29, 1.82) is 5.41 Å². The molecule has 0 radical (unpaired) electrons. The normalized spacial score (nSPS) is 8.81. The molecule has 0 amide bonds. The topological polar surface area (TPSA) is 169 Å². The molecule has 1 heterocycles. The van der Waals surface area contributed by atoms with Crippen molar-refractivity contribution in [3.05, 3.63) is 32.4 Å². The molecule has 0 spiro atoms. The van der Waals surface area contributed by atoms with Gasteiger partial charge in [0.15, 0.2) is 5.96 Å². The Labute approximate surface area is 88.9 Å². The lowest BCUT2D eigenvalue weighted by Crippen LogP contribution is -2.20. The number of hydrogen-bond donors (Lipinski definition) is 4. The van der Waals surface area contributed by atoms with Gasteiger partial charge in [0.25, 0.3) is 0 Å². The summed E-state index contributed by atoms with van der Waals surface area (Å²) in [5.74, 6) is -0.878. The highest BCUT2D eigenvalue weighted by molar-refractivity contribution is 5.71. The summed E-state index contributed by atoms with van der Waals surface area (Å²) in [4.78, 5) is 19.9. The van der Waals surface area contributed by atoms with E-state index in [-0.39, 0.29) is 11.7 Å². The molecule has 1 aromatic rings. The highest BCUT2D eigenvalue weighted by Gasteiger charge is 2.20. The molecular formula is C7H10N4O5. The zero-order chi connectivity index (χ0) is 12.9. The molecule has 16 heavy (non-hydrogen) atoms. The van der Waals surface area contributed by atoms with Gasteiger partial charge in [-0.2, -0.15) is 0 Å². The van der Waals surface area contributed by atoms with Gasteiger partial charge < -0.3 is 21.0 Å². The van der Waals surface area contributed by atoms with E-state index in [0.29, 0.717) is 0 Å². The molecule has 88 valence electrons. The standard InChI is InChI=1S/C6H5NO5.CH5N3/c1-3-2-4(8)5(7(10)11)6(9)12-3;2-1(3)4/h2,8H,1H3;(H5,2,3,4). The Balaban J connectivity index is 0.000000487. The third-order valence-corrected chi connectivity index (χ3v) is 1.21. The summed E-state index contributed by atoms with van der Waals surface area (Å²) in [5.41, 5.74) is 6.87. The Morgan fingerprint density at radius 2 is 2.06 bits per heavy atom. The maximum Gasteiger partial charge on any atom is 0.419 e. The summed E-state index contributed by atoms with van der Waals surface area (Å²) in [6, 6.07) is 1.01. The lowest BCUT2D eigenvalue weighted by molar-refractivity contribution is -0.388. The first-order chi connectivity index (χ1) is 7.25. The second-order valence-electron chi connectivity index (χ2n) is 2.59. The van der Waals surface area contributed by atoms with E-state index in [1.54, 1.807) is 0 Å². The summed E-state index contributed by atoms with van der Waals surface area (Å²) >= 11 is 0. The highest BCUT2D eigenvalue weighted by atomic mass is 16.6. The van der Waals surface area contributed by atoms with Gasteiger partial charge in [0, 0.05) is 6.07 Å². The Morgan fingerprint density at radius 1 is 1.62 bits per heavy atom. The summed E-state index contributed by atoms with van der Waals surface area (Å²) in [7, 11) is 0. The van der Waals surface area contributed by atoms with Crippen molar-refractivity contribution >= 4 is 11.6 Å². The van der Waals surface area contributed by atoms with Crippen LogP contribution in [0, 0.1) is 22.4 Å². The Bertz CT molecular complexity index is 462. The van der Waals surface area contributed by atoms with Gasteiger partial charge in [-0.25, -0.2) is 4.79 Å². The third kappa shape index (κ3) is 4.09. The average molecular weight is 230 g/mol. The van der Waals surface area contributed by atoms with Crippen molar-refractivity contribution in [3.8, 4) is 5.75 Å². The fourth-order valence-electron chi connectivity index (χ4n) is 0.758. The molecule has 0 fully saturated rings. The van der Waals surface area contributed by atoms with Gasteiger partial charge >= 0.3 is 11.3 Å². The molecule has 0 atom stereocenters. The van der Waals surface area contributed by atoms with E-state index in [1.165, 1.54) is 6.92 Å². The molecule has 1 aromatic heterocycles. The number of aryl methyl sites for hydroxylation is 1. The minimum Gasteiger partial charge on any atom is -0.502 e. The van der Waals surface area contributed by atoms with Crippen molar-refractivity contribution in [2.75, 3.05) is 0 Å². The van der Waals surface area contributed by atoms with Crippen LogP contribution in [0.4, 0.5) is 5.69 Å². The van der Waals surface area contributed by atoms with E-state index in [0.717, 1.165) is 6.07 Å². The second-order valence-corrected chi connectivity index (χ2v) is 2.59. The van der Waals surface area contributed by atoms with Gasteiger partial charge in [-0.15, -0.1) is 0 Å². The number of nitro groups is 1. The molecule has 0 unspecified atom stereocenters. The van der Waals surface area contributed by atoms with Crippen LogP contribution in [-0.2, 0) is 0 Å². The number of rotatable bonds is 1. The van der Waals surface area contributed by atoms with Crippen LogP contribution in [-0.4, -0.2) is 16.0 Å². The largest absolute Gasteiger partial charge is 0.502 e. The average Bonchev–Trinajstić information content (AvgIpc) is 1.98. The number of aromatic hydroxyl groups is 1. The Hall–Kier alpha value is -2.58. The lowest BCUT2D eigenvalue weighted by atomic mass is 10.3. The fraction of sp³-hybridized carbons (Fsp3) is 0.143. The van der Waals surface area contributed by atoms with Crippen molar-refractivity contribution in [1.82, 2.24) is 0 Å². The predicted octanol–water partition coefficient (Wildman–Crippen LogP) is -0.599. The summed E-state index contributed by atoms with van der Waals surface area (Å²) in [5, 5.41) is 25.1. The van der Waals surface area contributed by atoms with Gasteiger partial charge in [0.2, 0.25) is 5.75 Å². The molecule has 0 aliphatic rings. The van der Waals surface area contributed by atoms with Gasteiger partial charge in [0.1, 0.15) is 5.76 Å². The van der Waals surface area contributed by atoms with Gasteiger partial charge in [0.05, 0.1) is 4.92 Å². The van der Waals surface area contributed by atoms with E-state index in [2.05, 4.69) is 15.9 Å². The molecule has 0 saturated heterocycles. The van der Waals surface area contributed by atoms with Crippen LogP contribution in [0.5, 0.6) is 5.75 Å². The van der Waals surface area contributed by atoms with Crippen molar-refractivity contribution in [2.24, 2.45) is 11.5 Å². The first kappa shape index (κ1) is 13.4. The minimum absolute atomic E-state index is 0.128. The van der Waals surface area contributed by atoms with Crippen molar-refractivity contribution < 1.29 is 14.4 Å². The summed E-state index contributed by atoms with van der Waals surface area (Å²) in [6.45, 7) is 1.41. The molecule has 0 aliphatic carbocycles. The molecule has 0 aromatic carbocycles. The number of nitrogens with two attached hydrogens (primary N) is 2. The maximum atomic E-state index is 10.7. The Kier molecular flexibility index (Phi) is 4.48. The zero-order valence-corrected chi connectivity index (χ0v) is 8.26. The van der Waals surface area contributed by atoms with Crippen LogP contribution in [0.3, 0.4) is 0 Å². The highest BCUT2D eigenvalue weighted by Crippen LogP contribution is 2.20. The first-order valence-electron chi connectivity index (χ1n) is 3.83. The van der Waals surface area contributed by atoms with Crippen LogP contribution in [0.25, 0.3) is 0 Å². The van der Waals surface area contributed by atoms with Crippen LogP contribution in [0.15, 0.2) is 15.3 Å². The number of guanidine groups is 1. The molecule has 0 aliphatic heterocycles. The van der Waals surface area contributed by atoms with E-state index in [4.69, 9.17) is 10.5 Å². The van der Waals surface area contributed by atoms with Crippen molar-refractivity contribution in [2.45, 2.75) is 6.92 Å². The molecule has 9 nitrogen and oxygen atoms in total. The lowest BCUT2D eigenvalue weighted by Gasteiger charge is -1.94. The predicted molar refractivity (Wildman–Crippen MR) is 54.1 cm³/mol. The van der Waals surface area contributed by atoms with E-state index in [9.17, 15) is 14.9 Å². The zero-order valence-electron chi connectivity index (χ0n) is 8.26. The number of nitrogens with zero attached hydrogens (tertiary/aromatic N) is 1. The van der Waals surface area contributed by atoms with Gasteiger partial charge in [-0.3, -0.25) is 15.5 Å². The molecule has 6 N–H and O–H groups in total. The van der Waals surface area contributed by atoms with Crippen LogP contribution >= 0.6 is 0 Å². The van der Waals surface area contributed by atoms with Gasteiger partial charge in [-0.1, -0.05) is 0 Å². The molecular weight excluding hydrogens is 220 g/mol. The number of hydrogen-bond acceptors (Lipinski definition) is 6. The van der Waals surface area contributed by atoms with E-state index < -0.39 is 22.0 Å². The van der Waals surface area contributed by atoms with Crippen LogP contribution in [0.2, 0.25) is 0 Å². The summed E-state index contributed by atoms with van der Waals surface area (Å²) < 4.78 is 4.39. The van der Waals surface area contributed by atoms with Gasteiger partial charge in [-0.05, 0) is 6.92 Å². The SMILES string of the molecule is Cc1cc(O)c([N+](=O)[O-])c(=O)o1.N=C(N)N. The van der Waals surface area contributed by atoms with Crippen molar-refractivity contribution in [3.63, 3.8) is 0 Å². The molecule has 0 bridgehead atoms. The Morgan fingerprint density at radius 3 is 2.38 bits per heavy atom. The fourth-order valence-corrected chi connectivity index (χ4v) is 0.758. The monoisotopic (exact) mass is 230 g/mol. The molecule has 9 heteroatoms. The molecule has 0 saturated carbocycles.